The van der Waals surface area contributed by atoms with E-state index in [9.17, 15) is 24.9 Å². The first kappa shape index (κ1) is 17.6. The topological polar surface area (TPSA) is 169 Å². The number of nitrogens with two attached hydrogens (primary N) is 1. The number of aryl methyl sites for hydroxylation is 1. The van der Waals surface area contributed by atoms with Gasteiger partial charge in [0, 0.05) is 6.54 Å². The van der Waals surface area contributed by atoms with E-state index in [4.69, 9.17) is 10.5 Å². The summed E-state index contributed by atoms with van der Waals surface area (Å²) in [5.41, 5.74) is 4.37. The highest BCUT2D eigenvalue weighted by Crippen LogP contribution is 2.30. The quantitative estimate of drug-likeness (QED) is 0.405. The lowest BCUT2D eigenvalue weighted by Gasteiger charge is -2.15. The van der Waals surface area contributed by atoms with Crippen LogP contribution in [0.25, 0.3) is 11.2 Å². The van der Waals surface area contributed by atoms with Gasteiger partial charge in [0.1, 0.15) is 18.3 Å². The number of hydrogen-bond donors (Lipinski definition) is 5. The summed E-state index contributed by atoms with van der Waals surface area (Å²) < 4.78 is 7.66. The fourth-order valence-corrected chi connectivity index (χ4v) is 3.05. The molecule has 1 aliphatic rings. The molecular formula is C14H21N5O6. The highest BCUT2D eigenvalue weighted by molar-refractivity contribution is 5.71. The average Bonchev–Trinajstić information content (AvgIpc) is 3.00. The van der Waals surface area contributed by atoms with Gasteiger partial charge in [0.2, 0.25) is 5.95 Å². The number of aliphatic hydroxyl groups is 3. The van der Waals surface area contributed by atoms with Crippen LogP contribution in [-0.2, 0) is 11.3 Å². The maximum Gasteiger partial charge on any atom is 0.332 e. The summed E-state index contributed by atoms with van der Waals surface area (Å²) in [6.45, 7) is 1.69. The SMILES string of the molecule is CCCCn1c(=O)n([C@@H]2O[C@H](CO)C(O)[C@@H]2O)c2nc(N)[nH]c(=O)c21. The van der Waals surface area contributed by atoms with Crippen LogP contribution in [0, 0.1) is 0 Å². The summed E-state index contributed by atoms with van der Waals surface area (Å²) in [5, 5.41) is 29.4. The van der Waals surface area contributed by atoms with Gasteiger partial charge in [0.05, 0.1) is 6.61 Å². The number of ether oxygens (including phenoxy) is 1. The molecule has 138 valence electrons. The molecule has 0 aliphatic carbocycles. The van der Waals surface area contributed by atoms with Crippen LogP contribution in [0.4, 0.5) is 5.95 Å². The first-order valence-corrected chi connectivity index (χ1v) is 8.03. The maximum atomic E-state index is 12.8. The Hall–Kier alpha value is -2.21. The summed E-state index contributed by atoms with van der Waals surface area (Å²) in [6.07, 6.45) is -3.75. The molecule has 0 saturated carbocycles. The molecule has 25 heavy (non-hydrogen) atoms. The van der Waals surface area contributed by atoms with E-state index in [2.05, 4.69) is 9.97 Å². The third kappa shape index (κ3) is 2.74. The minimum atomic E-state index is -1.47. The Kier molecular flexibility index (Phi) is 4.64. The second-order valence-corrected chi connectivity index (χ2v) is 6.01. The van der Waals surface area contributed by atoms with Crippen LogP contribution in [0.2, 0.25) is 0 Å². The maximum absolute atomic E-state index is 12.8. The van der Waals surface area contributed by atoms with Gasteiger partial charge in [-0.15, -0.1) is 0 Å². The predicted octanol–water partition coefficient (Wildman–Crippen LogP) is -2.12. The zero-order valence-corrected chi connectivity index (χ0v) is 13.6. The first-order chi connectivity index (χ1) is 11.9. The number of aromatic amines is 1. The summed E-state index contributed by atoms with van der Waals surface area (Å²) in [6, 6.07) is 0. The number of hydrogen-bond acceptors (Lipinski definition) is 8. The lowest BCUT2D eigenvalue weighted by atomic mass is 10.1. The van der Waals surface area contributed by atoms with E-state index in [0.29, 0.717) is 6.42 Å². The lowest BCUT2D eigenvalue weighted by Crippen LogP contribution is -2.36. The summed E-state index contributed by atoms with van der Waals surface area (Å²) in [5.74, 6) is -0.189. The van der Waals surface area contributed by atoms with Crippen LogP contribution in [-0.4, -0.2) is 59.3 Å². The molecule has 0 spiro atoms. The van der Waals surface area contributed by atoms with Gasteiger partial charge in [-0.1, -0.05) is 13.3 Å². The van der Waals surface area contributed by atoms with Crippen LogP contribution in [0.15, 0.2) is 9.59 Å². The Bertz CT molecular complexity index is 886. The molecule has 1 unspecified atom stereocenters. The van der Waals surface area contributed by atoms with Gasteiger partial charge in [-0.3, -0.25) is 14.3 Å². The standard InChI is InChI=1S/C14H21N5O6/c1-2-3-4-18-7-10(16-13(15)17-11(7)23)19(14(18)24)12-9(22)8(21)6(5-20)25-12/h6,8-9,12,20-22H,2-5H2,1H3,(H3,15,16,17,23)/t6-,8?,9+,12-/m1/s1. The van der Waals surface area contributed by atoms with Crippen LogP contribution in [0.3, 0.4) is 0 Å². The van der Waals surface area contributed by atoms with E-state index in [1.54, 1.807) is 0 Å². The van der Waals surface area contributed by atoms with Gasteiger partial charge in [0.25, 0.3) is 5.56 Å². The molecule has 0 aromatic carbocycles. The molecule has 1 aliphatic heterocycles. The van der Waals surface area contributed by atoms with E-state index in [1.165, 1.54) is 4.57 Å². The molecule has 0 amide bonds. The third-order valence-corrected chi connectivity index (χ3v) is 4.34. The molecule has 0 radical (unpaired) electrons. The van der Waals surface area contributed by atoms with E-state index in [0.717, 1.165) is 11.0 Å². The Morgan fingerprint density at radius 1 is 1.32 bits per heavy atom. The second kappa shape index (κ2) is 6.59. The fraction of sp³-hybridized carbons (Fsp3) is 0.643. The Balaban J connectivity index is 2.23. The van der Waals surface area contributed by atoms with Gasteiger partial charge >= 0.3 is 5.69 Å². The number of imidazole rings is 1. The fourth-order valence-electron chi connectivity index (χ4n) is 3.05. The molecular weight excluding hydrogens is 334 g/mol. The predicted molar refractivity (Wildman–Crippen MR) is 86.9 cm³/mol. The van der Waals surface area contributed by atoms with E-state index in [1.807, 2.05) is 6.92 Å². The number of nitrogens with zero attached hydrogens (tertiary/aromatic N) is 3. The average molecular weight is 355 g/mol. The highest BCUT2D eigenvalue weighted by Gasteiger charge is 2.45. The number of H-pyrrole nitrogens is 1. The number of anilines is 1. The summed E-state index contributed by atoms with van der Waals surface area (Å²) >= 11 is 0. The number of fused-ring (bicyclic) bond motifs is 1. The molecule has 3 rings (SSSR count). The van der Waals surface area contributed by atoms with Crippen molar-refractivity contribution in [3.63, 3.8) is 0 Å². The minimum Gasteiger partial charge on any atom is -0.394 e. The van der Waals surface area contributed by atoms with Crippen LogP contribution in [0.5, 0.6) is 0 Å². The zero-order valence-electron chi connectivity index (χ0n) is 13.6. The van der Waals surface area contributed by atoms with Crippen molar-refractivity contribution in [1.29, 1.82) is 0 Å². The number of unbranched alkanes of at least 4 members (excludes halogenated alkanes) is 1. The van der Waals surface area contributed by atoms with Crippen LogP contribution < -0.4 is 17.0 Å². The molecule has 3 heterocycles. The Labute approximate surface area is 141 Å². The Morgan fingerprint density at radius 2 is 2.04 bits per heavy atom. The third-order valence-electron chi connectivity index (χ3n) is 4.34. The van der Waals surface area contributed by atoms with Crippen molar-refractivity contribution in [3.05, 3.63) is 20.8 Å². The Morgan fingerprint density at radius 3 is 2.64 bits per heavy atom. The van der Waals surface area contributed by atoms with Crippen molar-refractivity contribution in [2.75, 3.05) is 12.3 Å². The van der Waals surface area contributed by atoms with Gasteiger partial charge in [0.15, 0.2) is 17.4 Å². The van der Waals surface area contributed by atoms with Gasteiger partial charge < -0.3 is 25.8 Å². The van der Waals surface area contributed by atoms with Crippen molar-refractivity contribution < 1.29 is 20.1 Å². The van der Waals surface area contributed by atoms with E-state index >= 15 is 0 Å². The summed E-state index contributed by atoms with van der Waals surface area (Å²) in [4.78, 5) is 31.5. The van der Waals surface area contributed by atoms with Crippen LogP contribution in [0.1, 0.15) is 26.0 Å². The highest BCUT2D eigenvalue weighted by atomic mass is 16.6. The number of rotatable bonds is 5. The molecule has 11 heteroatoms. The van der Waals surface area contributed by atoms with Crippen molar-refractivity contribution >= 4 is 17.1 Å². The smallest absolute Gasteiger partial charge is 0.332 e. The largest absolute Gasteiger partial charge is 0.394 e. The van der Waals surface area contributed by atoms with Crippen molar-refractivity contribution in [2.45, 2.75) is 50.8 Å². The number of nitrogen functional groups attached to an aromatic ring is 1. The number of nitrogens with one attached hydrogen (secondary N) is 1. The monoisotopic (exact) mass is 355 g/mol. The molecule has 0 bridgehead atoms. The second-order valence-electron chi connectivity index (χ2n) is 6.01. The lowest BCUT2D eigenvalue weighted by molar-refractivity contribution is -0.0528. The molecule has 6 N–H and O–H groups in total. The molecule has 2 aromatic rings. The number of aromatic nitrogens is 4. The molecule has 11 nitrogen and oxygen atoms in total. The van der Waals surface area contributed by atoms with Crippen molar-refractivity contribution in [3.8, 4) is 0 Å². The zero-order chi connectivity index (χ0) is 18.3. The van der Waals surface area contributed by atoms with E-state index in [-0.39, 0.29) is 23.7 Å². The number of aliphatic hydroxyl groups excluding tert-OH is 3. The van der Waals surface area contributed by atoms with Crippen molar-refractivity contribution in [2.24, 2.45) is 0 Å². The molecule has 1 fully saturated rings. The van der Waals surface area contributed by atoms with Crippen LogP contribution >= 0.6 is 0 Å². The normalized spacial score (nSPS) is 26.6. The molecule has 4 atom stereocenters. The molecule has 2 aromatic heterocycles. The van der Waals surface area contributed by atoms with Crippen molar-refractivity contribution in [1.82, 2.24) is 19.1 Å². The van der Waals surface area contributed by atoms with Gasteiger partial charge in [-0.2, -0.15) is 4.98 Å². The molecule has 1 saturated heterocycles. The van der Waals surface area contributed by atoms with Gasteiger partial charge in [-0.25, -0.2) is 9.36 Å². The minimum absolute atomic E-state index is 0.0189. The summed E-state index contributed by atoms with van der Waals surface area (Å²) in [7, 11) is 0. The van der Waals surface area contributed by atoms with Gasteiger partial charge in [-0.05, 0) is 6.42 Å². The first-order valence-electron chi connectivity index (χ1n) is 8.03. The van der Waals surface area contributed by atoms with E-state index < -0.39 is 42.4 Å².